The molecule has 1 aromatic rings. The average Bonchev–Trinajstić information content (AvgIpc) is 2.53. The molecule has 25 heavy (non-hydrogen) atoms. The summed E-state index contributed by atoms with van der Waals surface area (Å²) < 4.78 is 0. The highest BCUT2D eigenvalue weighted by atomic mass is 35.5. The largest absolute Gasteiger partial charge is 0.355 e. The molecule has 1 heterocycles. The zero-order chi connectivity index (χ0) is 18.4. The quantitative estimate of drug-likeness (QED) is 0.774. The van der Waals surface area contributed by atoms with E-state index in [1.165, 1.54) is 11.8 Å². The SMILES string of the molecule is CCCCN1C(=O)CC(C(=O)NCC)SC1=Nc1cc(Cl)cc(Cl)c1. The third-order valence-corrected chi connectivity index (χ3v) is 5.21. The summed E-state index contributed by atoms with van der Waals surface area (Å²) in [6.07, 6.45) is 2.01. The Morgan fingerprint density at radius 2 is 2.00 bits per heavy atom. The number of thioether (sulfide) groups is 1. The van der Waals surface area contributed by atoms with Gasteiger partial charge < -0.3 is 5.32 Å². The number of aliphatic imine (C=N–C) groups is 1. The van der Waals surface area contributed by atoms with E-state index >= 15 is 0 Å². The van der Waals surface area contributed by atoms with E-state index in [0.717, 1.165) is 12.8 Å². The maximum atomic E-state index is 12.6. The normalized spacial score (nSPS) is 19.4. The highest BCUT2D eigenvalue weighted by Crippen LogP contribution is 2.31. The van der Waals surface area contributed by atoms with Crippen LogP contribution in [0.1, 0.15) is 33.1 Å². The van der Waals surface area contributed by atoms with Crippen LogP contribution in [-0.4, -0.2) is 40.2 Å². The Labute approximate surface area is 162 Å². The summed E-state index contributed by atoms with van der Waals surface area (Å²) in [6, 6.07) is 4.98. The van der Waals surface area contributed by atoms with E-state index in [1.807, 2.05) is 6.92 Å². The minimum atomic E-state index is -0.473. The zero-order valence-electron chi connectivity index (χ0n) is 14.2. The predicted molar refractivity (Wildman–Crippen MR) is 105 cm³/mol. The van der Waals surface area contributed by atoms with Crippen LogP contribution in [0.5, 0.6) is 0 Å². The molecule has 0 aromatic heterocycles. The van der Waals surface area contributed by atoms with Gasteiger partial charge >= 0.3 is 0 Å². The molecule has 0 radical (unpaired) electrons. The molecule has 2 rings (SSSR count). The van der Waals surface area contributed by atoms with Gasteiger partial charge in [-0.15, -0.1) is 0 Å². The fourth-order valence-electron chi connectivity index (χ4n) is 2.38. The van der Waals surface area contributed by atoms with E-state index in [-0.39, 0.29) is 18.2 Å². The molecular formula is C17H21Cl2N3O2S. The zero-order valence-corrected chi connectivity index (χ0v) is 16.5. The van der Waals surface area contributed by atoms with Gasteiger partial charge in [0.15, 0.2) is 5.17 Å². The second-order valence-electron chi connectivity index (χ2n) is 5.63. The molecule has 1 aliphatic rings. The molecule has 8 heteroatoms. The lowest BCUT2D eigenvalue weighted by atomic mass is 10.2. The smallest absolute Gasteiger partial charge is 0.234 e. The van der Waals surface area contributed by atoms with E-state index in [1.54, 1.807) is 23.1 Å². The van der Waals surface area contributed by atoms with Crippen LogP contribution in [0.2, 0.25) is 10.0 Å². The van der Waals surface area contributed by atoms with Gasteiger partial charge in [0.1, 0.15) is 0 Å². The summed E-state index contributed by atoms with van der Waals surface area (Å²) in [5, 5.41) is 3.75. The number of hydrogen-bond donors (Lipinski definition) is 1. The molecule has 0 saturated carbocycles. The van der Waals surface area contributed by atoms with Crippen LogP contribution in [0, 0.1) is 0 Å². The average molecular weight is 402 g/mol. The highest BCUT2D eigenvalue weighted by Gasteiger charge is 2.35. The summed E-state index contributed by atoms with van der Waals surface area (Å²) in [7, 11) is 0. The number of rotatable bonds is 6. The van der Waals surface area contributed by atoms with Gasteiger partial charge in [-0.05, 0) is 31.5 Å². The number of carbonyl (C=O) groups excluding carboxylic acids is 2. The van der Waals surface area contributed by atoms with Gasteiger partial charge in [-0.1, -0.05) is 48.3 Å². The van der Waals surface area contributed by atoms with Crippen molar-refractivity contribution in [3.63, 3.8) is 0 Å². The van der Waals surface area contributed by atoms with E-state index in [9.17, 15) is 9.59 Å². The minimum Gasteiger partial charge on any atom is -0.355 e. The molecule has 1 fully saturated rings. The molecule has 2 amide bonds. The first-order valence-electron chi connectivity index (χ1n) is 8.24. The fourth-order valence-corrected chi connectivity index (χ4v) is 4.04. The Balaban J connectivity index is 2.33. The van der Waals surface area contributed by atoms with E-state index in [2.05, 4.69) is 17.2 Å². The third-order valence-electron chi connectivity index (χ3n) is 3.59. The number of amides is 2. The lowest BCUT2D eigenvalue weighted by Crippen LogP contribution is -2.47. The number of unbranched alkanes of at least 4 members (excludes halogenated alkanes) is 1. The Hall–Kier alpha value is -1.24. The number of nitrogens with one attached hydrogen (secondary N) is 1. The first kappa shape index (κ1) is 20.1. The van der Waals surface area contributed by atoms with Crippen LogP contribution in [-0.2, 0) is 9.59 Å². The van der Waals surface area contributed by atoms with Gasteiger partial charge in [0, 0.05) is 29.6 Å². The number of hydrogen-bond acceptors (Lipinski definition) is 4. The van der Waals surface area contributed by atoms with Crippen molar-refractivity contribution in [2.24, 2.45) is 4.99 Å². The summed E-state index contributed by atoms with van der Waals surface area (Å²) in [4.78, 5) is 30.9. The van der Waals surface area contributed by atoms with Crippen LogP contribution in [0.3, 0.4) is 0 Å². The first-order chi connectivity index (χ1) is 11.9. The Morgan fingerprint density at radius 3 is 2.60 bits per heavy atom. The number of nitrogens with zero attached hydrogens (tertiary/aromatic N) is 2. The summed E-state index contributed by atoms with van der Waals surface area (Å²) in [5.74, 6) is -0.233. The van der Waals surface area contributed by atoms with Crippen LogP contribution < -0.4 is 5.32 Å². The lowest BCUT2D eigenvalue weighted by Gasteiger charge is -2.31. The van der Waals surface area contributed by atoms with Crippen LogP contribution in [0.25, 0.3) is 0 Å². The van der Waals surface area contributed by atoms with Gasteiger partial charge in [-0.3, -0.25) is 14.5 Å². The van der Waals surface area contributed by atoms with Crippen LogP contribution in [0.4, 0.5) is 5.69 Å². The molecule has 5 nitrogen and oxygen atoms in total. The summed E-state index contributed by atoms with van der Waals surface area (Å²) in [5.41, 5.74) is 0.561. The van der Waals surface area contributed by atoms with Gasteiger partial charge in [-0.25, -0.2) is 4.99 Å². The molecular weight excluding hydrogens is 381 g/mol. The molecule has 1 unspecified atom stereocenters. The monoisotopic (exact) mass is 401 g/mol. The highest BCUT2D eigenvalue weighted by molar-refractivity contribution is 8.15. The maximum absolute atomic E-state index is 12.6. The molecule has 136 valence electrons. The Bertz CT molecular complexity index is 662. The topological polar surface area (TPSA) is 61.8 Å². The van der Waals surface area contributed by atoms with Crippen molar-refractivity contribution in [3.8, 4) is 0 Å². The number of carbonyl (C=O) groups is 2. The summed E-state index contributed by atoms with van der Waals surface area (Å²) >= 11 is 13.4. The van der Waals surface area contributed by atoms with Gasteiger partial charge in [0.25, 0.3) is 0 Å². The second kappa shape index (κ2) is 9.46. The van der Waals surface area contributed by atoms with Gasteiger partial charge in [0.05, 0.1) is 10.9 Å². The predicted octanol–water partition coefficient (Wildman–Crippen LogP) is 4.25. The molecule has 1 saturated heterocycles. The van der Waals surface area contributed by atoms with Crippen molar-refractivity contribution in [2.75, 3.05) is 13.1 Å². The van der Waals surface area contributed by atoms with Crippen molar-refractivity contribution in [2.45, 2.75) is 38.4 Å². The maximum Gasteiger partial charge on any atom is 0.234 e. The van der Waals surface area contributed by atoms with Crippen LogP contribution >= 0.6 is 35.0 Å². The molecule has 1 aliphatic heterocycles. The van der Waals surface area contributed by atoms with Crippen molar-refractivity contribution >= 4 is 57.6 Å². The van der Waals surface area contributed by atoms with E-state index in [4.69, 9.17) is 23.2 Å². The van der Waals surface area contributed by atoms with Crippen molar-refractivity contribution in [3.05, 3.63) is 28.2 Å². The molecule has 1 N–H and O–H groups in total. The fraction of sp³-hybridized carbons (Fsp3) is 0.471. The third kappa shape index (κ3) is 5.62. The molecule has 1 aromatic carbocycles. The van der Waals surface area contributed by atoms with Crippen molar-refractivity contribution in [1.82, 2.24) is 10.2 Å². The van der Waals surface area contributed by atoms with Crippen molar-refractivity contribution in [1.29, 1.82) is 0 Å². The lowest BCUT2D eigenvalue weighted by molar-refractivity contribution is -0.130. The second-order valence-corrected chi connectivity index (χ2v) is 7.67. The molecule has 0 aliphatic carbocycles. The van der Waals surface area contributed by atoms with Crippen molar-refractivity contribution < 1.29 is 9.59 Å². The summed E-state index contributed by atoms with van der Waals surface area (Å²) in [6.45, 7) is 5.02. The number of amidine groups is 1. The minimum absolute atomic E-state index is 0.0877. The molecule has 1 atom stereocenters. The van der Waals surface area contributed by atoms with Crippen LogP contribution in [0.15, 0.2) is 23.2 Å². The van der Waals surface area contributed by atoms with E-state index < -0.39 is 5.25 Å². The molecule has 0 bridgehead atoms. The number of halogens is 2. The Kier molecular flexibility index (Phi) is 7.59. The first-order valence-corrected chi connectivity index (χ1v) is 9.87. The number of benzene rings is 1. The van der Waals surface area contributed by atoms with Gasteiger partial charge in [0.2, 0.25) is 11.8 Å². The standard InChI is InChI=1S/C17H21Cl2N3O2S/c1-3-5-6-22-15(23)10-14(16(24)20-4-2)25-17(22)21-13-8-11(18)7-12(19)9-13/h7-9,14H,3-6,10H2,1-2H3,(H,20,24). The Morgan fingerprint density at radius 1 is 1.32 bits per heavy atom. The van der Waals surface area contributed by atoms with E-state index in [0.29, 0.717) is 34.0 Å². The molecule has 0 spiro atoms. The van der Waals surface area contributed by atoms with Gasteiger partial charge in [-0.2, -0.15) is 0 Å².